The van der Waals surface area contributed by atoms with Gasteiger partial charge in [0, 0.05) is 18.0 Å². The molecule has 2 atom stereocenters. The van der Waals surface area contributed by atoms with Crippen LogP contribution in [0.4, 0.5) is 5.13 Å². The minimum atomic E-state index is 0.609. The maximum absolute atomic E-state index is 5.80. The summed E-state index contributed by atoms with van der Waals surface area (Å²) < 4.78 is 0. The molecule has 0 amide bonds. The monoisotopic (exact) mass is 216 g/mol. The van der Waals surface area contributed by atoms with Crippen LogP contribution in [0.15, 0.2) is 5.38 Å². The maximum Gasteiger partial charge on any atom is 0.186 e. The van der Waals surface area contributed by atoms with Crippen molar-refractivity contribution in [1.82, 2.24) is 4.98 Å². The second kappa shape index (κ2) is 3.46. The Kier molecular flexibility index (Phi) is 2.47. The number of aromatic nitrogens is 1. The summed E-state index contributed by atoms with van der Waals surface area (Å²) in [4.78, 5) is 6.64. The normalized spacial score (nSPS) is 28.4. The van der Waals surface area contributed by atoms with Crippen molar-refractivity contribution >= 4 is 28.1 Å². The van der Waals surface area contributed by atoms with E-state index in [9.17, 15) is 0 Å². The molecule has 0 saturated carbocycles. The molecule has 2 heterocycles. The molecule has 2 nitrogen and oxygen atoms in total. The predicted molar refractivity (Wildman–Crippen MR) is 57.7 cm³/mol. The van der Waals surface area contributed by atoms with E-state index in [-0.39, 0.29) is 0 Å². The van der Waals surface area contributed by atoms with Crippen LogP contribution in [0.3, 0.4) is 0 Å². The molecule has 13 heavy (non-hydrogen) atoms. The van der Waals surface area contributed by atoms with Crippen molar-refractivity contribution in [2.45, 2.75) is 26.3 Å². The summed E-state index contributed by atoms with van der Waals surface area (Å²) in [5.41, 5.74) is 0. The molecule has 1 fully saturated rings. The molecule has 1 aromatic rings. The molecule has 1 aliphatic heterocycles. The highest BCUT2D eigenvalue weighted by atomic mass is 35.5. The van der Waals surface area contributed by atoms with Gasteiger partial charge in [0.25, 0.3) is 0 Å². The summed E-state index contributed by atoms with van der Waals surface area (Å²) >= 11 is 7.43. The third-order valence-corrected chi connectivity index (χ3v) is 3.69. The zero-order valence-electron chi connectivity index (χ0n) is 7.83. The van der Waals surface area contributed by atoms with Crippen molar-refractivity contribution in [2.24, 2.45) is 5.92 Å². The molecule has 0 aliphatic carbocycles. The zero-order valence-corrected chi connectivity index (χ0v) is 9.40. The number of thiazole rings is 1. The summed E-state index contributed by atoms with van der Waals surface area (Å²) in [5.74, 6) is 0.776. The van der Waals surface area contributed by atoms with E-state index in [0.29, 0.717) is 11.2 Å². The van der Waals surface area contributed by atoms with Crippen LogP contribution in [-0.2, 0) is 0 Å². The Hall–Kier alpha value is -0.280. The SMILES string of the molecule is CC1CC(C)N(c2nc(Cl)cs2)C1. The van der Waals surface area contributed by atoms with E-state index in [1.807, 2.05) is 5.38 Å². The van der Waals surface area contributed by atoms with Crippen molar-refractivity contribution in [3.8, 4) is 0 Å². The number of hydrogen-bond donors (Lipinski definition) is 0. The average molecular weight is 217 g/mol. The van der Waals surface area contributed by atoms with Gasteiger partial charge in [0.2, 0.25) is 0 Å². The standard InChI is InChI=1S/C9H13ClN2S/c1-6-3-7(2)12(4-6)9-11-8(10)5-13-9/h5-7H,3-4H2,1-2H3. The van der Waals surface area contributed by atoms with Gasteiger partial charge in [-0.3, -0.25) is 0 Å². The Morgan fingerprint density at radius 3 is 2.85 bits per heavy atom. The first-order valence-electron chi connectivity index (χ1n) is 4.54. The maximum atomic E-state index is 5.80. The second-order valence-electron chi connectivity index (χ2n) is 3.80. The molecule has 1 aliphatic rings. The largest absolute Gasteiger partial charge is 0.345 e. The lowest BCUT2D eigenvalue weighted by Crippen LogP contribution is -2.26. The molecule has 2 unspecified atom stereocenters. The average Bonchev–Trinajstić information content (AvgIpc) is 2.58. The molecule has 72 valence electrons. The third kappa shape index (κ3) is 1.81. The summed E-state index contributed by atoms with van der Waals surface area (Å²) in [6, 6.07) is 0.609. The molecule has 2 rings (SSSR count). The van der Waals surface area contributed by atoms with Crippen LogP contribution in [0, 0.1) is 5.92 Å². The van der Waals surface area contributed by atoms with Crippen LogP contribution in [0.2, 0.25) is 5.15 Å². The molecule has 0 aromatic carbocycles. The molecule has 1 saturated heterocycles. The van der Waals surface area contributed by atoms with Crippen LogP contribution in [0.25, 0.3) is 0 Å². The van der Waals surface area contributed by atoms with E-state index in [1.165, 1.54) is 6.42 Å². The van der Waals surface area contributed by atoms with Crippen molar-refractivity contribution in [3.05, 3.63) is 10.5 Å². The van der Waals surface area contributed by atoms with Crippen molar-refractivity contribution in [1.29, 1.82) is 0 Å². The summed E-state index contributed by atoms with van der Waals surface area (Å²) in [6.45, 7) is 5.65. The van der Waals surface area contributed by atoms with Crippen LogP contribution in [-0.4, -0.2) is 17.6 Å². The number of halogens is 1. The van der Waals surface area contributed by atoms with Gasteiger partial charge in [0.1, 0.15) is 5.15 Å². The quantitative estimate of drug-likeness (QED) is 0.718. The summed E-state index contributed by atoms with van der Waals surface area (Å²) in [5, 5.41) is 3.58. The highest BCUT2D eigenvalue weighted by molar-refractivity contribution is 7.14. The van der Waals surface area contributed by atoms with Gasteiger partial charge in [-0.1, -0.05) is 18.5 Å². The van der Waals surface area contributed by atoms with Gasteiger partial charge in [0.05, 0.1) is 0 Å². The highest BCUT2D eigenvalue weighted by Gasteiger charge is 2.27. The fraction of sp³-hybridized carbons (Fsp3) is 0.667. The lowest BCUT2D eigenvalue weighted by atomic mass is 10.1. The third-order valence-electron chi connectivity index (χ3n) is 2.49. The van der Waals surface area contributed by atoms with Crippen molar-refractivity contribution in [3.63, 3.8) is 0 Å². The van der Waals surface area contributed by atoms with E-state index < -0.39 is 0 Å². The van der Waals surface area contributed by atoms with E-state index in [4.69, 9.17) is 11.6 Å². The van der Waals surface area contributed by atoms with E-state index in [2.05, 4.69) is 23.7 Å². The van der Waals surface area contributed by atoms with Gasteiger partial charge >= 0.3 is 0 Å². The van der Waals surface area contributed by atoms with Gasteiger partial charge in [-0.05, 0) is 19.3 Å². The number of nitrogens with zero attached hydrogens (tertiary/aromatic N) is 2. The second-order valence-corrected chi connectivity index (χ2v) is 5.02. The van der Waals surface area contributed by atoms with E-state index in [1.54, 1.807) is 11.3 Å². The molecular formula is C9H13ClN2S. The zero-order chi connectivity index (χ0) is 9.42. The first kappa shape index (κ1) is 9.28. The Balaban J connectivity index is 2.17. The Bertz CT molecular complexity index is 300. The fourth-order valence-electron chi connectivity index (χ4n) is 1.94. The van der Waals surface area contributed by atoms with Gasteiger partial charge in [-0.25, -0.2) is 4.98 Å². The Labute approximate surface area is 87.5 Å². The number of rotatable bonds is 1. The smallest absolute Gasteiger partial charge is 0.186 e. The first-order chi connectivity index (χ1) is 6.16. The molecule has 0 radical (unpaired) electrons. The molecular weight excluding hydrogens is 204 g/mol. The number of hydrogen-bond acceptors (Lipinski definition) is 3. The van der Waals surface area contributed by atoms with Gasteiger partial charge < -0.3 is 4.90 Å². The molecule has 0 spiro atoms. The molecule has 4 heteroatoms. The first-order valence-corrected chi connectivity index (χ1v) is 5.80. The Morgan fingerprint density at radius 2 is 2.38 bits per heavy atom. The Morgan fingerprint density at radius 1 is 1.62 bits per heavy atom. The molecule has 0 bridgehead atoms. The number of anilines is 1. The van der Waals surface area contributed by atoms with Gasteiger partial charge in [-0.15, -0.1) is 11.3 Å². The summed E-state index contributed by atoms with van der Waals surface area (Å²) in [7, 11) is 0. The predicted octanol–water partition coefficient (Wildman–Crippen LogP) is 3.03. The van der Waals surface area contributed by atoms with E-state index in [0.717, 1.165) is 17.6 Å². The lowest BCUT2D eigenvalue weighted by molar-refractivity contribution is 0.625. The highest BCUT2D eigenvalue weighted by Crippen LogP contribution is 2.31. The minimum absolute atomic E-state index is 0.609. The fourth-order valence-corrected chi connectivity index (χ4v) is 3.00. The molecule has 1 aromatic heterocycles. The van der Waals surface area contributed by atoms with Crippen LogP contribution in [0.5, 0.6) is 0 Å². The van der Waals surface area contributed by atoms with Crippen LogP contribution >= 0.6 is 22.9 Å². The minimum Gasteiger partial charge on any atom is -0.345 e. The van der Waals surface area contributed by atoms with Crippen LogP contribution < -0.4 is 4.90 Å². The van der Waals surface area contributed by atoms with E-state index >= 15 is 0 Å². The lowest BCUT2D eigenvalue weighted by Gasteiger charge is -2.19. The van der Waals surface area contributed by atoms with Gasteiger partial charge in [0.15, 0.2) is 5.13 Å². The van der Waals surface area contributed by atoms with Crippen molar-refractivity contribution < 1.29 is 0 Å². The van der Waals surface area contributed by atoms with Gasteiger partial charge in [-0.2, -0.15) is 0 Å². The van der Waals surface area contributed by atoms with Crippen LogP contribution in [0.1, 0.15) is 20.3 Å². The summed E-state index contributed by atoms with van der Waals surface area (Å²) in [6.07, 6.45) is 1.26. The topological polar surface area (TPSA) is 16.1 Å². The molecule has 0 N–H and O–H groups in total. The van der Waals surface area contributed by atoms with Crippen molar-refractivity contribution in [2.75, 3.05) is 11.4 Å².